The van der Waals surface area contributed by atoms with Crippen molar-refractivity contribution < 1.29 is 9.18 Å². The van der Waals surface area contributed by atoms with Crippen molar-refractivity contribution >= 4 is 50.9 Å². The third-order valence-corrected chi connectivity index (χ3v) is 6.70. The van der Waals surface area contributed by atoms with E-state index in [9.17, 15) is 4.79 Å². The summed E-state index contributed by atoms with van der Waals surface area (Å²) in [6, 6.07) is 5.35. The molecule has 3 heterocycles. The zero-order chi connectivity index (χ0) is 24.1. The first-order valence-corrected chi connectivity index (χ1v) is 11.2. The second kappa shape index (κ2) is 8.25. The number of fused-ring (bicyclic) bond motifs is 2. The highest BCUT2D eigenvalue weighted by Crippen LogP contribution is 2.42. The lowest BCUT2D eigenvalue weighted by molar-refractivity contribution is -0.128. The number of carbonyl (C=O) groups is 1. The van der Waals surface area contributed by atoms with Crippen molar-refractivity contribution in [1.82, 2.24) is 25.1 Å². The van der Waals surface area contributed by atoms with Crippen LogP contribution in [-0.2, 0) is 4.79 Å². The van der Waals surface area contributed by atoms with Gasteiger partial charge in [0.15, 0.2) is 11.6 Å². The van der Waals surface area contributed by atoms with Crippen molar-refractivity contribution in [3.63, 3.8) is 0 Å². The molecule has 3 N–H and O–H groups in total. The molecule has 4 aromatic rings. The van der Waals surface area contributed by atoms with E-state index < -0.39 is 5.82 Å². The molecule has 2 aromatic heterocycles. The van der Waals surface area contributed by atoms with Crippen LogP contribution in [0, 0.1) is 12.7 Å². The van der Waals surface area contributed by atoms with Gasteiger partial charge in [0, 0.05) is 42.2 Å². The zero-order valence-corrected chi connectivity index (χ0v) is 19.5. The van der Waals surface area contributed by atoms with Gasteiger partial charge >= 0.3 is 0 Å². The third kappa shape index (κ3) is 3.35. The standard InChI is InChI=1S/C24H23ClFN7O/c1-4-17(34)33-8-7-32(10-13(33)3)24-14-9-15(25)19(21(26)22(14)28-11-29-24)18-12(2)5-6-16-20(18)23(27)31-30-16/h4-6,9,11,13H,1,7-8,10H2,2-3H3,(H3,27,30,31). The molecule has 5 rings (SSSR count). The van der Waals surface area contributed by atoms with Crippen LogP contribution in [0.25, 0.3) is 32.9 Å². The molecule has 0 spiro atoms. The van der Waals surface area contributed by atoms with Gasteiger partial charge in [-0.25, -0.2) is 14.4 Å². The summed E-state index contributed by atoms with van der Waals surface area (Å²) in [5, 5.41) is 8.29. The number of rotatable bonds is 3. The number of aromatic nitrogens is 4. The Bertz CT molecular complexity index is 1470. The number of hydrogen-bond donors (Lipinski definition) is 2. The van der Waals surface area contributed by atoms with Gasteiger partial charge < -0.3 is 15.5 Å². The Morgan fingerprint density at radius 2 is 2.12 bits per heavy atom. The van der Waals surface area contributed by atoms with E-state index in [1.807, 2.05) is 30.9 Å². The first-order valence-electron chi connectivity index (χ1n) is 10.9. The molecule has 10 heteroatoms. The smallest absolute Gasteiger partial charge is 0.246 e. The predicted octanol–water partition coefficient (Wildman–Crippen LogP) is 4.08. The van der Waals surface area contributed by atoms with Gasteiger partial charge in [-0.3, -0.25) is 9.89 Å². The van der Waals surface area contributed by atoms with Gasteiger partial charge in [0.25, 0.3) is 0 Å². The van der Waals surface area contributed by atoms with E-state index in [1.165, 1.54) is 12.4 Å². The zero-order valence-electron chi connectivity index (χ0n) is 18.8. The van der Waals surface area contributed by atoms with Gasteiger partial charge in [0.05, 0.1) is 15.9 Å². The van der Waals surface area contributed by atoms with E-state index in [4.69, 9.17) is 17.3 Å². The molecule has 0 bridgehead atoms. The predicted molar refractivity (Wildman–Crippen MR) is 132 cm³/mol. The van der Waals surface area contributed by atoms with Crippen LogP contribution in [0.4, 0.5) is 16.0 Å². The first kappa shape index (κ1) is 22.1. The lowest BCUT2D eigenvalue weighted by atomic mass is 9.94. The van der Waals surface area contributed by atoms with E-state index in [0.29, 0.717) is 47.3 Å². The minimum atomic E-state index is -0.545. The highest BCUT2D eigenvalue weighted by molar-refractivity contribution is 6.35. The molecule has 2 aromatic carbocycles. The van der Waals surface area contributed by atoms with Crippen LogP contribution in [0.2, 0.25) is 5.02 Å². The molecule has 1 aliphatic heterocycles. The molecule has 0 radical (unpaired) electrons. The van der Waals surface area contributed by atoms with Crippen molar-refractivity contribution in [3.05, 3.63) is 53.6 Å². The molecule has 174 valence electrons. The molecule has 1 aliphatic rings. The van der Waals surface area contributed by atoms with Crippen LogP contribution in [0.3, 0.4) is 0 Å². The van der Waals surface area contributed by atoms with E-state index in [1.54, 1.807) is 11.0 Å². The Hall–Kier alpha value is -3.72. The number of nitrogens with one attached hydrogen (secondary N) is 1. The van der Waals surface area contributed by atoms with Crippen molar-refractivity contribution in [3.8, 4) is 11.1 Å². The van der Waals surface area contributed by atoms with Gasteiger partial charge in [0.2, 0.25) is 5.91 Å². The highest BCUT2D eigenvalue weighted by atomic mass is 35.5. The number of carbonyl (C=O) groups excluding carboxylic acids is 1. The Morgan fingerprint density at radius 3 is 2.85 bits per heavy atom. The maximum atomic E-state index is 16.1. The molecule has 1 unspecified atom stereocenters. The van der Waals surface area contributed by atoms with Gasteiger partial charge in [-0.05, 0) is 37.6 Å². The van der Waals surface area contributed by atoms with Crippen LogP contribution >= 0.6 is 11.6 Å². The van der Waals surface area contributed by atoms with Crippen molar-refractivity contribution in [2.45, 2.75) is 19.9 Å². The Labute approximate surface area is 200 Å². The number of amides is 1. The molecule has 0 aliphatic carbocycles. The van der Waals surface area contributed by atoms with E-state index in [2.05, 4.69) is 26.7 Å². The molecule has 0 saturated carbocycles. The second-order valence-corrected chi connectivity index (χ2v) is 8.87. The lowest BCUT2D eigenvalue weighted by Crippen LogP contribution is -2.54. The van der Waals surface area contributed by atoms with Crippen LogP contribution in [0.5, 0.6) is 0 Å². The Kier molecular flexibility index (Phi) is 5.36. The van der Waals surface area contributed by atoms with Crippen LogP contribution in [0.1, 0.15) is 12.5 Å². The van der Waals surface area contributed by atoms with E-state index >= 15 is 4.39 Å². The molecule has 1 saturated heterocycles. The molecular formula is C24H23ClFN7O. The molecule has 8 nitrogen and oxygen atoms in total. The maximum absolute atomic E-state index is 16.1. The van der Waals surface area contributed by atoms with E-state index in [-0.39, 0.29) is 33.9 Å². The highest BCUT2D eigenvalue weighted by Gasteiger charge is 2.29. The molecule has 1 atom stereocenters. The van der Waals surface area contributed by atoms with Crippen LogP contribution < -0.4 is 10.6 Å². The van der Waals surface area contributed by atoms with Gasteiger partial charge in [-0.15, -0.1) is 0 Å². The molecule has 34 heavy (non-hydrogen) atoms. The number of piperazine rings is 1. The number of anilines is 2. The Morgan fingerprint density at radius 1 is 1.32 bits per heavy atom. The SMILES string of the molecule is C=CC(=O)N1CCN(c2ncnc3c(F)c(-c4c(C)ccc5[nH]nc(N)c45)c(Cl)cc23)CC1C. The monoisotopic (exact) mass is 479 g/mol. The summed E-state index contributed by atoms with van der Waals surface area (Å²) in [5.74, 6) is 0.193. The fraction of sp³-hybridized carbons (Fsp3) is 0.250. The number of nitrogen functional groups attached to an aromatic ring is 1. The Balaban J connectivity index is 1.65. The fourth-order valence-electron chi connectivity index (χ4n) is 4.76. The summed E-state index contributed by atoms with van der Waals surface area (Å²) in [6.45, 7) is 8.99. The van der Waals surface area contributed by atoms with Crippen molar-refractivity contribution in [1.29, 1.82) is 0 Å². The normalized spacial score (nSPS) is 16.4. The molecular weight excluding hydrogens is 457 g/mol. The summed E-state index contributed by atoms with van der Waals surface area (Å²) in [6.07, 6.45) is 2.67. The summed E-state index contributed by atoms with van der Waals surface area (Å²) in [5.41, 5.74) is 8.58. The summed E-state index contributed by atoms with van der Waals surface area (Å²) < 4.78 is 16.1. The number of aromatic amines is 1. The number of aryl methyl sites for hydroxylation is 1. The minimum absolute atomic E-state index is 0.0619. The summed E-state index contributed by atoms with van der Waals surface area (Å²) >= 11 is 6.71. The van der Waals surface area contributed by atoms with Gasteiger partial charge in [-0.2, -0.15) is 5.10 Å². The van der Waals surface area contributed by atoms with Crippen LogP contribution in [-0.4, -0.2) is 56.6 Å². The largest absolute Gasteiger partial charge is 0.382 e. The number of nitrogens with zero attached hydrogens (tertiary/aromatic N) is 5. The maximum Gasteiger partial charge on any atom is 0.246 e. The quantitative estimate of drug-likeness (QED) is 0.429. The first-order chi connectivity index (χ1) is 16.3. The average Bonchev–Trinajstić information content (AvgIpc) is 3.20. The minimum Gasteiger partial charge on any atom is -0.382 e. The third-order valence-electron chi connectivity index (χ3n) is 6.40. The number of benzene rings is 2. The topological polar surface area (TPSA) is 104 Å². The molecule has 1 amide bonds. The second-order valence-electron chi connectivity index (χ2n) is 8.46. The van der Waals surface area contributed by atoms with Crippen LogP contribution in [0.15, 0.2) is 37.2 Å². The average molecular weight is 480 g/mol. The number of nitrogens with two attached hydrogens (primary N) is 1. The lowest BCUT2D eigenvalue weighted by Gasteiger charge is -2.40. The van der Waals surface area contributed by atoms with Gasteiger partial charge in [0.1, 0.15) is 17.7 Å². The van der Waals surface area contributed by atoms with Crippen molar-refractivity contribution in [2.24, 2.45) is 0 Å². The number of hydrogen-bond acceptors (Lipinski definition) is 6. The number of H-pyrrole nitrogens is 1. The number of halogens is 2. The van der Waals surface area contributed by atoms with E-state index in [0.717, 1.165) is 5.56 Å². The fourth-order valence-corrected chi connectivity index (χ4v) is 5.04. The summed E-state index contributed by atoms with van der Waals surface area (Å²) in [4.78, 5) is 24.6. The molecule has 1 fully saturated rings. The van der Waals surface area contributed by atoms with Crippen molar-refractivity contribution in [2.75, 3.05) is 30.3 Å². The van der Waals surface area contributed by atoms with Gasteiger partial charge in [-0.1, -0.05) is 24.2 Å². The summed E-state index contributed by atoms with van der Waals surface area (Å²) in [7, 11) is 0.